The monoisotopic (exact) mass is 143 g/mol. The van der Waals surface area contributed by atoms with Crippen molar-refractivity contribution in [3.05, 3.63) is 5.21 Å². The molecular formula is C8H17NO. The lowest BCUT2D eigenvalue weighted by atomic mass is 9.83. The third kappa shape index (κ3) is 3.49. The lowest BCUT2D eigenvalue weighted by Crippen LogP contribution is -2.21. The number of hydroxylamine groups is 1. The minimum atomic E-state index is 0.193. The molecule has 0 bridgehead atoms. The largest absolute Gasteiger partial charge is 0.624 e. The summed E-state index contributed by atoms with van der Waals surface area (Å²) in [4.78, 5) is 0. The van der Waals surface area contributed by atoms with E-state index in [9.17, 15) is 5.21 Å². The first-order chi connectivity index (χ1) is 4.34. The SMILES string of the molecule is C[C@H](/C=[N+](\C)[O-])C(C)(C)C. The van der Waals surface area contributed by atoms with Crippen LogP contribution in [0.25, 0.3) is 0 Å². The second-order valence-electron chi connectivity index (χ2n) is 3.85. The molecule has 0 fully saturated rings. The summed E-state index contributed by atoms with van der Waals surface area (Å²) in [6.45, 7) is 8.42. The second-order valence-corrected chi connectivity index (χ2v) is 3.85. The maximum Gasteiger partial charge on any atom is 0.154 e. The molecule has 0 spiro atoms. The molecule has 0 aromatic rings. The van der Waals surface area contributed by atoms with Crippen LogP contribution in [0.1, 0.15) is 27.7 Å². The van der Waals surface area contributed by atoms with Gasteiger partial charge in [-0.05, 0) is 5.41 Å². The van der Waals surface area contributed by atoms with Crippen molar-refractivity contribution in [3.8, 4) is 0 Å². The fourth-order valence-corrected chi connectivity index (χ4v) is 0.539. The van der Waals surface area contributed by atoms with Crippen LogP contribution in [-0.2, 0) is 0 Å². The molecular weight excluding hydrogens is 126 g/mol. The highest BCUT2D eigenvalue weighted by atomic mass is 16.5. The van der Waals surface area contributed by atoms with Gasteiger partial charge in [0.2, 0.25) is 0 Å². The Balaban J connectivity index is 4.11. The zero-order chi connectivity index (χ0) is 8.36. The Labute approximate surface area is 63.1 Å². The number of hydrogen-bond acceptors (Lipinski definition) is 1. The molecule has 0 amide bonds. The van der Waals surface area contributed by atoms with Crippen molar-refractivity contribution in [2.24, 2.45) is 11.3 Å². The fraction of sp³-hybridized carbons (Fsp3) is 0.875. The molecule has 0 aliphatic heterocycles. The molecule has 1 atom stereocenters. The van der Waals surface area contributed by atoms with Crippen LogP contribution in [-0.4, -0.2) is 18.0 Å². The third-order valence-electron chi connectivity index (χ3n) is 1.80. The van der Waals surface area contributed by atoms with Gasteiger partial charge in [0.25, 0.3) is 0 Å². The van der Waals surface area contributed by atoms with Gasteiger partial charge in [0.05, 0.1) is 0 Å². The molecule has 0 aliphatic rings. The molecule has 0 aromatic heterocycles. The molecule has 60 valence electrons. The van der Waals surface area contributed by atoms with Crippen molar-refractivity contribution in [1.29, 1.82) is 0 Å². The van der Waals surface area contributed by atoms with Crippen molar-refractivity contribution in [3.63, 3.8) is 0 Å². The van der Waals surface area contributed by atoms with E-state index < -0.39 is 0 Å². The highest BCUT2D eigenvalue weighted by Gasteiger charge is 2.20. The first-order valence-corrected chi connectivity index (χ1v) is 3.59. The van der Waals surface area contributed by atoms with E-state index in [1.54, 1.807) is 6.21 Å². The molecule has 0 rings (SSSR count). The summed E-state index contributed by atoms with van der Waals surface area (Å²) in [5.74, 6) is 0.329. The second kappa shape index (κ2) is 3.04. The normalized spacial score (nSPS) is 17.1. The van der Waals surface area contributed by atoms with Crippen LogP contribution < -0.4 is 0 Å². The molecule has 0 saturated heterocycles. The van der Waals surface area contributed by atoms with E-state index in [2.05, 4.69) is 27.7 Å². The number of nitrogens with zero attached hydrogens (tertiary/aromatic N) is 1. The number of rotatable bonds is 1. The Morgan fingerprint density at radius 2 is 1.80 bits per heavy atom. The van der Waals surface area contributed by atoms with E-state index in [-0.39, 0.29) is 5.41 Å². The molecule has 2 nitrogen and oxygen atoms in total. The van der Waals surface area contributed by atoms with Gasteiger partial charge < -0.3 is 5.21 Å². The van der Waals surface area contributed by atoms with Crippen molar-refractivity contribution in [1.82, 2.24) is 0 Å². The van der Waals surface area contributed by atoms with Crippen molar-refractivity contribution in [2.45, 2.75) is 27.7 Å². The Hall–Kier alpha value is -0.530. The zero-order valence-electron chi connectivity index (χ0n) is 7.51. The average molecular weight is 143 g/mol. The summed E-state index contributed by atoms with van der Waals surface area (Å²) in [6.07, 6.45) is 1.69. The predicted molar refractivity (Wildman–Crippen MR) is 44.2 cm³/mol. The van der Waals surface area contributed by atoms with Gasteiger partial charge in [0.1, 0.15) is 7.05 Å². The summed E-state index contributed by atoms with van der Waals surface area (Å²) < 4.78 is 0.871. The lowest BCUT2D eigenvalue weighted by Gasteiger charge is -2.22. The Morgan fingerprint density at radius 1 is 1.40 bits per heavy atom. The van der Waals surface area contributed by atoms with E-state index in [4.69, 9.17) is 0 Å². The summed E-state index contributed by atoms with van der Waals surface area (Å²) in [6, 6.07) is 0. The molecule has 0 radical (unpaired) electrons. The van der Waals surface area contributed by atoms with E-state index >= 15 is 0 Å². The molecule has 0 saturated carbocycles. The highest BCUT2D eigenvalue weighted by Crippen LogP contribution is 2.23. The zero-order valence-corrected chi connectivity index (χ0v) is 7.51. The van der Waals surface area contributed by atoms with Gasteiger partial charge in [-0.1, -0.05) is 27.7 Å². The first kappa shape index (κ1) is 9.47. The van der Waals surface area contributed by atoms with E-state index in [0.717, 1.165) is 4.74 Å². The van der Waals surface area contributed by atoms with Crippen molar-refractivity contribution >= 4 is 6.21 Å². The summed E-state index contributed by atoms with van der Waals surface area (Å²) in [5.41, 5.74) is 0.193. The van der Waals surface area contributed by atoms with Gasteiger partial charge in [0, 0.05) is 5.92 Å². The van der Waals surface area contributed by atoms with Gasteiger partial charge >= 0.3 is 0 Å². The van der Waals surface area contributed by atoms with Gasteiger partial charge in [-0.15, -0.1) is 0 Å². The van der Waals surface area contributed by atoms with Crippen LogP contribution in [0.4, 0.5) is 0 Å². The molecule has 0 aliphatic carbocycles. The standard InChI is InChI=1S/C8H17NO/c1-7(6-9(5)10)8(2,3)4/h6-7H,1-5H3/b9-6+/t7-/m1/s1. The highest BCUT2D eigenvalue weighted by molar-refractivity contribution is 5.55. The maximum atomic E-state index is 10.6. The first-order valence-electron chi connectivity index (χ1n) is 3.59. The van der Waals surface area contributed by atoms with Crippen LogP contribution in [0.2, 0.25) is 0 Å². The van der Waals surface area contributed by atoms with Crippen LogP contribution in [0.15, 0.2) is 0 Å². The molecule has 2 heteroatoms. The van der Waals surface area contributed by atoms with E-state index in [1.807, 2.05) is 0 Å². The summed E-state index contributed by atoms with van der Waals surface area (Å²) in [7, 11) is 1.52. The predicted octanol–water partition coefficient (Wildman–Crippen LogP) is 1.88. The minimum Gasteiger partial charge on any atom is -0.624 e. The average Bonchev–Trinajstić information content (AvgIpc) is 1.60. The van der Waals surface area contributed by atoms with Crippen LogP contribution in [0, 0.1) is 16.5 Å². The Bertz CT molecular complexity index is 129. The van der Waals surface area contributed by atoms with E-state index in [0.29, 0.717) is 5.92 Å². The summed E-state index contributed by atoms with van der Waals surface area (Å²) >= 11 is 0. The number of hydrogen-bond donors (Lipinski definition) is 0. The smallest absolute Gasteiger partial charge is 0.154 e. The van der Waals surface area contributed by atoms with Gasteiger partial charge in [-0.25, -0.2) is 4.74 Å². The van der Waals surface area contributed by atoms with Crippen molar-refractivity contribution < 1.29 is 4.74 Å². The molecule has 0 aromatic carbocycles. The topological polar surface area (TPSA) is 26.1 Å². The Morgan fingerprint density at radius 3 is 1.90 bits per heavy atom. The summed E-state index contributed by atoms with van der Waals surface area (Å²) in [5, 5.41) is 10.6. The fourth-order valence-electron chi connectivity index (χ4n) is 0.539. The third-order valence-corrected chi connectivity index (χ3v) is 1.80. The molecule has 0 unspecified atom stereocenters. The lowest BCUT2D eigenvalue weighted by molar-refractivity contribution is -0.420. The van der Waals surface area contributed by atoms with Crippen LogP contribution >= 0.6 is 0 Å². The Kier molecular flexibility index (Phi) is 2.88. The minimum absolute atomic E-state index is 0.193. The van der Waals surface area contributed by atoms with Gasteiger partial charge in [0.15, 0.2) is 6.21 Å². The maximum absolute atomic E-state index is 10.6. The van der Waals surface area contributed by atoms with Crippen molar-refractivity contribution in [2.75, 3.05) is 7.05 Å². The van der Waals surface area contributed by atoms with Crippen LogP contribution in [0.5, 0.6) is 0 Å². The van der Waals surface area contributed by atoms with E-state index in [1.165, 1.54) is 7.05 Å². The van der Waals surface area contributed by atoms with Crippen LogP contribution in [0.3, 0.4) is 0 Å². The molecule has 10 heavy (non-hydrogen) atoms. The quantitative estimate of drug-likeness (QED) is 0.238. The molecule has 0 N–H and O–H groups in total. The van der Waals surface area contributed by atoms with Gasteiger partial charge in [-0.3, -0.25) is 0 Å². The molecule has 0 heterocycles. The van der Waals surface area contributed by atoms with Gasteiger partial charge in [-0.2, -0.15) is 0 Å².